The Kier molecular flexibility index (Phi) is 4.45. The maximum Gasteiger partial charge on any atom is 0.200 e. The molecule has 0 aliphatic rings. The summed E-state index contributed by atoms with van der Waals surface area (Å²) in [5.41, 5.74) is 8.96. The minimum atomic E-state index is -0.0504. The zero-order valence-corrected chi connectivity index (χ0v) is 13.0. The Morgan fingerprint density at radius 1 is 1.20 bits per heavy atom. The van der Waals surface area contributed by atoms with Crippen LogP contribution in [0.5, 0.6) is 5.75 Å². The van der Waals surface area contributed by atoms with E-state index in [1.54, 1.807) is 0 Å². The van der Waals surface area contributed by atoms with Crippen molar-refractivity contribution >= 4 is 27.4 Å². The molecule has 0 aliphatic heterocycles. The zero-order valence-electron chi connectivity index (χ0n) is 11.4. The summed E-state index contributed by atoms with van der Waals surface area (Å²) in [6.45, 7) is 3.78. The second-order valence-corrected chi connectivity index (χ2v) is 5.61. The Bertz CT molecular complexity index is 653. The molecule has 0 amide bonds. The molecular weight excluding hydrogens is 318 g/mol. The number of aryl methyl sites for hydroxylation is 2. The van der Waals surface area contributed by atoms with Crippen molar-refractivity contribution in [3.63, 3.8) is 0 Å². The molecule has 0 spiro atoms. The quantitative estimate of drug-likeness (QED) is 0.681. The van der Waals surface area contributed by atoms with E-state index in [0.717, 1.165) is 15.6 Å². The Morgan fingerprint density at radius 2 is 1.95 bits per heavy atom. The lowest BCUT2D eigenvalue weighted by molar-refractivity contribution is 0.0921. The number of nitrogen functional groups attached to an aromatic ring is 1. The van der Waals surface area contributed by atoms with E-state index in [2.05, 4.69) is 15.9 Å². The number of halogens is 1. The summed E-state index contributed by atoms with van der Waals surface area (Å²) in [7, 11) is 0. The van der Waals surface area contributed by atoms with Crippen LogP contribution < -0.4 is 10.5 Å². The third-order valence-corrected chi connectivity index (χ3v) is 3.57. The van der Waals surface area contributed by atoms with Gasteiger partial charge in [0.25, 0.3) is 0 Å². The smallest absolute Gasteiger partial charge is 0.200 e. The molecule has 20 heavy (non-hydrogen) atoms. The van der Waals surface area contributed by atoms with Gasteiger partial charge in [-0.2, -0.15) is 0 Å². The molecule has 2 aromatic carbocycles. The highest BCUT2D eigenvalue weighted by Crippen LogP contribution is 2.20. The number of anilines is 1. The number of carbonyl (C=O) groups is 1. The number of rotatable bonds is 4. The molecule has 0 unspecified atom stereocenters. The van der Waals surface area contributed by atoms with Gasteiger partial charge in [0, 0.05) is 15.7 Å². The van der Waals surface area contributed by atoms with E-state index in [1.807, 2.05) is 50.2 Å². The molecule has 0 fully saturated rings. The second kappa shape index (κ2) is 6.09. The van der Waals surface area contributed by atoms with Crippen molar-refractivity contribution in [2.24, 2.45) is 0 Å². The summed E-state index contributed by atoms with van der Waals surface area (Å²) in [6, 6.07) is 11.1. The lowest BCUT2D eigenvalue weighted by atomic mass is 10.0. The van der Waals surface area contributed by atoms with E-state index < -0.39 is 0 Å². The van der Waals surface area contributed by atoms with Crippen LogP contribution in [-0.4, -0.2) is 12.4 Å². The highest BCUT2D eigenvalue weighted by Gasteiger charge is 2.12. The van der Waals surface area contributed by atoms with Gasteiger partial charge >= 0.3 is 0 Å². The average Bonchev–Trinajstić information content (AvgIpc) is 2.40. The molecule has 0 aromatic heterocycles. The summed E-state index contributed by atoms with van der Waals surface area (Å²) in [5, 5.41) is 0. The number of hydrogen-bond donors (Lipinski definition) is 1. The van der Waals surface area contributed by atoms with Crippen LogP contribution in [0.3, 0.4) is 0 Å². The molecule has 0 heterocycles. The van der Waals surface area contributed by atoms with Crippen molar-refractivity contribution in [3.8, 4) is 5.75 Å². The number of ketones is 1. The van der Waals surface area contributed by atoms with Crippen LogP contribution in [0.25, 0.3) is 0 Å². The van der Waals surface area contributed by atoms with Gasteiger partial charge in [0.2, 0.25) is 0 Å². The fraction of sp³-hybridized carbons (Fsp3) is 0.188. The fourth-order valence-corrected chi connectivity index (χ4v) is 2.30. The Hall–Kier alpha value is -1.81. The van der Waals surface area contributed by atoms with E-state index in [0.29, 0.717) is 17.0 Å². The third kappa shape index (κ3) is 3.39. The van der Waals surface area contributed by atoms with Gasteiger partial charge in [-0.05, 0) is 55.3 Å². The summed E-state index contributed by atoms with van der Waals surface area (Å²) < 4.78 is 6.44. The average molecular weight is 334 g/mol. The first-order chi connectivity index (χ1) is 9.47. The molecule has 3 nitrogen and oxygen atoms in total. The normalized spacial score (nSPS) is 10.3. The first-order valence-electron chi connectivity index (χ1n) is 6.25. The topological polar surface area (TPSA) is 52.3 Å². The van der Waals surface area contributed by atoms with Crippen LogP contribution in [0.1, 0.15) is 21.5 Å². The molecule has 2 rings (SSSR count). The largest absolute Gasteiger partial charge is 0.485 e. The number of carbonyl (C=O) groups excluding carboxylic acids is 1. The summed E-state index contributed by atoms with van der Waals surface area (Å²) in [5.74, 6) is 0.614. The molecule has 4 heteroatoms. The third-order valence-electron chi connectivity index (χ3n) is 3.08. The Balaban J connectivity index is 2.11. The van der Waals surface area contributed by atoms with Gasteiger partial charge in [-0.3, -0.25) is 4.79 Å². The highest BCUT2D eigenvalue weighted by atomic mass is 79.9. The van der Waals surface area contributed by atoms with Crippen molar-refractivity contribution < 1.29 is 9.53 Å². The Labute approximate surface area is 126 Å². The molecule has 0 radical (unpaired) electrons. The molecule has 2 aromatic rings. The second-order valence-electron chi connectivity index (χ2n) is 4.69. The van der Waals surface area contributed by atoms with E-state index in [-0.39, 0.29) is 12.4 Å². The lowest BCUT2D eigenvalue weighted by Gasteiger charge is -2.10. The molecule has 0 aliphatic carbocycles. The van der Waals surface area contributed by atoms with Crippen LogP contribution in [0.15, 0.2) is 40.9 Å². The van der Waals surface area contributed by atoms with Gasteiger partial charge in [0.1, 0.15) is 5.75 Å². The fourth-order valence-electron chi connectivity index (χ4n) is 1.92. The van der Waals surface area contributed by atoms with Crippen molar-refractivity contribution in [3.05, 3.63) is 57.6 Å². The molecule has 0 atom stereocenters. The lowest BCUT2D eigenvalue weighted by Crippen LogP contribution is -2.13. The van der Waals surface area contributed by atoms with E-state index in [9.17, 15) is 4.79 Å². The van der Waals surface area contributed by atoms with Gasteiger partial charge in [-0.1, -0.05) is 22.0 Å². The van der Waals surface area contributed by atoms with Crippen molar-refractivity contribution in [1.29, 1.82) is 0 Å². The van der Waals surface area contributed by atoms with Gasteiger partial charge in [-0.25, -0.2) is 0 Å². The van der Waals surface area contributed by atoms with Crippen molar-refractivity contribution in [2.75, 3.05) is 12.3 Å². The van der Waals surface area contributed by atoms with Crippen molar-refractivity contribution in [2.45, 2.75) is 13.8 Å². The highest BCUT2D eigenvalue weighted by molar-refractivity contribution is 9.10. The maximum atomic E-state index is 12.2. The zero-order chi connectivity index (χ0) is 14.7. The van der Waals surface area contributed by atoms with Crippen LogP contribution in [0.4, 0.5) is 5.69 Å². The molecule has 104 valence electrons. The van der Waals surface area contributed by atoms with E-state index >= 15 is 0 Å². The number of nitrogens with two attached hydrogens (primary N) is 1. The van der Waals surface area contributed by atoms with E-state index in [1.165, 1.54) is 0 Å². The van der Waals surface area contributed by atoms with Crippen LogP contribution in [-0.2, 0) is 0 Å². The summed E-state index contributed by atoms with van der Waals surface area (Å²) in [4.78, 5) is 12.2. The van der Waals surface area contributed by atoms with Crippen molar-refractivity contribution in [1.82, 2.24) is 0 Å². The van der Waals surface area contributed by atoms with Gasteiger partial charge in [0.15, 0.2) is 12.4 Å². The SMILES string of the molecule is Cc1cc(C(=O)COc2cccc(Br)c2)c(C)cc1N. The first kappa shape index (κ1) is 14.6. The number of ether oxygens (including phenoxy) is 1. The number of benzene rings is 2. The molecule has 0 bridgehead atoms. The molecule has 2 N–H and O–H groups in total. The molecule has 0 saturated carbocycles. The summed E-state index contributed by atoms with van der Waals surface area (Å²) in [6.07, 6.45) is 0. The predicted molar refractivity (Wildman–Crippen MR) is 84.3 cm³/mol. The maximum absolute atomic E-state index is 12.2. The molecule has 0 saturated heterocycles. The molecular formula is C16H16BrNO2. The minimum absolute atomic E-state index is 0.0145. The Morgan fingerprint density at radius 3 is 2.65 bits per heavy atom. The van der Waals surface area contributed by atoms with Gasteiger partial charge in [-0.15, -0.1) is 0 Å². The monoisotopic (exact) mass is 333 g/mol. The van der Waals surface area contributed by atoms with Crippen LogP contribution in [0, 0.1) is 13.8 Å². The van der Waals surface area contributed by atoms with Crippen LogP contribution in [0.2, 0.25) is 0 Å². The number of Topliss-reactive ketones (excluding diaryl/α,β-unsaturated/α-hetero) is 1. The van der Waals surface area contributed by atoms with E-state index in [4.69, 9.17) is 10.5 Å². The van der Waals surface area contributed by atoms with Crippen LogP contribution >= 0.6 is 15.9 Å². The number of hydrogen-bond acceptors (Lipinski definition) is 3. The van der Waals surface area contributed by atoms with Gasteiger partial charge in [0.05, 0.1) is 0 Å². The van der Waals surface area contributed by atoms with Gasteiger partial charge < -0.3 is 10.5 Å². The minimum Gasteiger partial charge on any atom is -0.485 e. The standard InChI is InChI=1S/C16H16BrNO2/c1-10-7-15(18)11(2)6-14(10)16(19)9-20-13-5-3-4-12(17)8-13/h3-8H,9,18H2,1-2H3. The predicted octanol–water partition coefficient (Wildman–Crippen LogP) is 3.91. The first-order valence-corrected chi connectivity index (χ1v) is 7.05. The summed E-state index contributed by atoms with van der Waals surface area (Å²) >= 11 is 3.36.